The minimum atomic E-state index is 0.405. The standard InChI is InChI=1S/C14H19N/c1-4-11-15(12-5-2)13(3)14-9-7-6-8-10-14/h4-10,13H,1-2,11-12H2,3H3/t13-/m1/s1. The minimum Gasteiger partial charge on any atom is -0.289 e. The average Bonchev–Trinajstić information content (AvgIpc) is 2.29. The zero-order chi connectivity index (χ0) is 11.1. The lowest BCUT2D eigenvalue weighted by atomic mass is 10.1. The van der Waals surface area contributed by atoms with Crippen molar-refractivity contribution >= 4 is 0 Å². The molecule has 0 saturated heterocycles. The Morgan fingerprint density at radius 3 is 2.13 bits per heavy atom. The van der Waals surface area contributed by atoms with Crippen LogP contribution in [0, 0.1) is 0 Å². The van der Waals surface area contributed by atoms with Gasteiger partial charge in [-0.05, 0) is 12.5 Å². The molecule has 0 spiro atoms. The summed E-state index contributed by atoms with van der Waals surface area (Å²) in [4.78, 5) is 2.33. The molecule has 0 heterocycles. The number of nitrogens with zero attached hydrogens (tertiary/aromatic N) is 1. The molecule has 80 valence electrons. The van der Waals surface area contributed by atoms with Crippen LogP contribution in [0.2, 0.25) is 0 Å². The molecule has 0 aromatic heterocycles. The van der Waals surface area contributed by atoms with Crippen LogP contribution >= 0.6 is 0 Å². The van der Waals surface area contributed by atoms with E-state index >= 15 is 0 Å². The fraction of sp³-hybridized carbons (Fsp3) is 0.286. The van der Waals surface area contributed by atoms with Crippen molar-refractivity contribution in [1.82, 2.24) is 4.90 Å². The van der Waals surface area contributed by atoms with Crippen LogP contribution in [0.1, 0.15) is 18.5 Å². The fourth-order valence-corrected chi connectivity index (χ4v) is 1.66. The maximum atomic E-state index is 3.78. The predicted molar refractivity (Wildman–Crippen MR) is 66.8 cm³/mol. The summed E-state index contributed by atoms with van der Waals surface area (Å²) in [5, 5.41) is 0. The summed E-state index contributed by atoms with van der Waals surface area (Å²) < 4.78 is 0. The van der Waals surface area contributed by atoms with Crippen molar-refractivity contribution < 1.29 is 0 Å². The highest BCUT2D eigenvalue weighted by Crippen LogP contribution is 2.19. The van der Waals surface area contributed by atoms with Crippen LogP contribution in [0.5, 0.6) is 0 Å². The highest BCUT2D eigenvalue weighted by atomic mass is 15.1. The van der Waals surface area contributed by atoms with Crippen molar-refractivity contribution in [1.29, 1.82) is 0 Å². The molecule has 1 rings (SSSR count). The van der Waals surface area contributed by atoms with Crippen molar-refractivity contribution in [2.45, 2.75) is 13.0 Å². The van der Waals surface area contributed by atoms with E-state index in [4.69, 9.17) is 0 Å². The van der Waals surface area contributed by atoms with Gasteiger partial charge in [0.15, 0.2) is 0 Å². The van der Waals surface area contributed by atoms with E-state index in [2.05, 4.69) is 49.2 Å². The third kappa shape index (κ3) is 3.37. The monoisotopic (exact) mass is 201 g/mol. The van der Waals surface area contributed by atoms with Crippen molar-refractivity contribution in [2.75, 3.05) is 13.1 Å². The predicted octanol–water partition coefficient (Wildman–Crippen LogP) is 3.42. The van der Waals surface area contributed by atoms with Crippen LogP contribution in [-0.2, 0) is 0 Å². The van der Waals surface area contributed by atoms with Gasteiger partial charge in [-0.1, -0.05) is 42.5 Å². The second-order valence-corrected chi connectivity index (χ2v) is 3.62. The second-order valence-electron chi connectivity index (χ2n) is 3.62. The lowest BCUT2D eigenvalue weighted by molar-refractivity contribution is 0.260. The third-order valence-electron chi connectivity index (χ3n) is 2.56. The van der Waals surface area contributed by atoms with E-state index in [1.165, 1.54) is 5.56 Å². The molecule has 0 amide bonds. The zero-order valence-electron chi connectivity index (χ0n) is 9.39. The number of benzene rings is 1. The van der Waals surface area contributed by atoms with Crippen LogP contribution in [0.25, 0.3) is 0 Å². The highest BCUT2D eigenvalue weighted by Gasteiger charge is 2.12. The molecule has 0 saturated carbocycles. The van der Waals surface area contributed by atoms with E-state index in [1.54, 1.807) is 0 Å². The summed E-state index contributed by atoms with van der Waals surface area (Å²) in [5.74, 6) is 0. The number of hydrogen-bond acceptors (Lipinski definition) is 1. The Morgan fingerprint density at radius 1 is 1.13 bits per heavy atom. The lowest BCUT2D eigenvalue weighted by Gasteiger charge is -2.27. The van der Waals surface area contributed by atoms with Gasteiger partial charge < -0.3 is 0 Å². The van der Waals surface area contributed by atoms with Gasteiger partial charge in [0, 0.05) is 19.1 Å². The average molecular weight is 201 g/mol. The van der Waals surface area contributed by atoms with Crippen molar-refractivity contribution in [3.05, 3.63) is 61.2 Å². The summed E-state index contributed by atoms with van der Waals surface area (Å²) in [5.41, 5.74) is 1.33. The molecule has 1 nitrogen and oxygen atoms in total. The van der Waals surface area contributed by atoms with Crippen LogP contribution in [0.15, 0.2) is 55.6 Å². The maximum absolute atomic E-state index is 3.78. The second kappa shape index (κ2) is 6.20. The van der Waals surface area contributed by atoms with Crippen LogP contribution < -0.4 is 0 Å². The molecule has 1 atom stereocenters. The Labute approximate surface area is 92.7 Å². The molecular weight excluding hydrogens is 182 g/mol. The molecule has 15 heavy (non-hydrogen) atoms. The molecule has 0 N–H and O–H groups in total. The molecule has 0 bridgehead atoms. The molecule has 1 heteroatoms. The number of hydrogen-bond donors (Lipinski definition) is 0. The van der Waals surface area contributed by atoms with Gasteiger partial charge in [-0.2, -0.15) is 0 Å². The quantitative estimate of drug-likeness (QED) is 0.637. The van der Waals surface area contributed by atoms with Crippen LogP contribution in [0.4, 0.5) is 0 Å². The van der Waals surface area contributed by atoms with Gasteiger partial charge in [-0.25, -0.2) is 0 Å². The Morgan fingerprint density at radius 2 is 1.67 bits per heavy atom. The molecule has 0 aliphatic heterocycles. The minimum absolute atomic E-state index is 0.405. The summed E-state index contributed by atoms with van der Waals surface area (Å²) in [6.07, 6.45) is 3.87. The summed E-state index contributed by atoms with van der Waals surface area (Å²) >= 11 is 0. The third-order valence-corrected chi connectivity index (χ3v) is 2.56. The van der Waals surface area contributed by atoms with Gasteiger partial charge >= 0.3 is 0 Å². The van der Waals surface area contributed by atoms with E-state index in [9.17, 15) is 0 Å². The summed E-state index contributed by atoms with van der Waals surface area (Å²) in [6.45, 7) is 11.6. The Bertz CT molecular complexity index is 292. The van der Waals surface area contributed by atoms with Gasteiger partial charge in [-0.15, -0.1) is 13.2 Å². The molecule has 1 aromatic carbocycles. The zero-order valence-corrected chi connectivity index (χ0v) is 9.39. The SMILES string of the molecule is C=CCN(CC=C)[C@H](C)c1ccccc1. The van der Waals surface area contributed by atoms with Gasteiger partial charge in [0.1, 0.15) is 0 Å². The molecule has 0 unspecified atom stereocenters. The normalized spacial score (nSPS) is 12.4. The first-order chi connectivity index (χ1) is 7.29. The Kier molecular flexibility index (Phi) is 4.85. The summed E-state index contributed by atoms with van der Waals surface area (Å²) in [6, 6.07) is 10.9. The van der Waals surface area contributed by atoms with Crippen LogP contribution in [-0.4, -0.2) is 18.0 Å². The first kappa shape index (κ1) is 11.7. The molecule has 0 aliphatic carbocycles. The van der Waals surface area contributed by atoms with Crippen molar-refractivity contribution in [3.63, 3.8) is 0 Å². The van der Waals surface area contributed by atoms with E-state index in [1.807, 2.05) is 18.2 Å². The lowest BCUT2D eigenvalue weighted by Crippen LogP contribution is -2.27. The van der Waals surface area contributed by atoms with Gasteiger partial charge in [0.25, 0.3) is 0 Å². The highest BCUT2D eigenvalue weighted by molar-refractivity contribution is 5.18. The van der Waals surface area contributed by atoms with Crippen LogP contribution in [0.3, 0.4) is 0 Å². The molecule has 0 aliphatic rings. The van der Waals surface area contributed by atoms with E-state index < -0.39 is 0 Å². The van der Waals surface area contributed by atoms with E-state index in [0.717, 1.165) is 13.1 Å². The first-order valence-corrected chi connectivity index (χ1v) is 5.30. The maximum Gasteiger partial charge on any atom is 0.0326 e. The van der Waals surface area contributed by atoms with E-state index in [-0.39, 0.29) is 0 Å². The molecular formula is C14H19N. The fourth-order valence-electron chi connectivity index (χ4n) is 1.66. The van der Waals surface area contributed by atoms with Crippen molar-refractivity contribution in [2.24, 2.45) is 0 Å². The first-order valence-electron chi connectivity index (χ1n) is 5.30. The van der Waals surface area contributed by atoms with Crippen molar-refractivity contribution in [3.8, 4) is 0 Å². The Hall–Kier alpha value is -1.34. The summed E-state index contributed by atoms with van der Waals surface area (Å²) in [7, 11) is 0. The largest absolute Gasteiger partial charge is 0.289 e. The molecule has 1 aromatic rings. The Balaban J connectivity index is 2.75. The smallest absolute Gasteiger partial charge is 0.0326 e. The van der Waals surface area contributed by atoms with Gasteiger partial charge in [0.05, 0.1) is 0 Å². The van der Waals surface area contributed by atoms with E-state index in [0.29, 0.717) is 6.04 Å². The van der Waals surface area contributed by atoms with Gasteiger partial charge in [-0.3, -0.25) is 4.90 Å². The number of rotatable bonds is 6. The topological polar surface area (TPSA) is 3.24 Å². The van der Waals surface area contributed by atoms with Gasteiger partial charge in [0.2, 0.25) is 0 Å². The molecule has 0 fully saturated rings. The molecule has 0 radical (unpaired) electrons.